The van der Waals surface area contributed by atoms with E-state index in [1.54, 1.807) is 12.1 Å². The molecule has 1 heterocycles. The van der Waals surface area contributed by atoms with Crippen molar-refractivity contribution in [2.24, 2.45) is 0 Å². The minimum Gasteiger partial charge on any atom is -0.454 e. The summed E-state index contributed by atoms with van der Waals surface area (Å²) in [5.41, 5.74) is 0.776. The van der Waals surface area contributed by atoms with Gasteiger partial charge in [0, 0.05) is 11.8 Å². The molecule has 0 radical (unpaired) electrons. The number of nitrogens with one attached hydrogen (secondary N) is 1. The number of carbonyl (C=O) groups is 1. The van der Waals surface area contributed by atoms with Gasteiger partial charge >= 0.3 is 0 Å². The number of carbonyl (C=O) groups excluding carboxylic acids is 1. The Labute approximate surface area is 106 Å². The van der Waals surface area contributed by atoms with E-state index < -0.39 is 0 Å². The Morgan fingerprint density at radius 3 is 2.78 bits per heavy atom. The first-order valence-corrected chi connectivity index (χ1v) is 5.98. The quantitative estimate of drug-likeness (QED) is 0.832. The number of fused-ring (bicyclic) bond motifs is 1. The highest BCUT2D eigenvalue weighted by molar-refractivity contribution is 5.91. The van der Waals surface area contributed by atoms with E-state index in [4.69, 9.17) is 9.47 Å². The molecule has 5 heteroatoms. The van der Waals surface area contributed by atoms with Crippen LogP contribution in [0, 0.1) is 0 Å². The SMILES string of the molecule is CC(C)(C)[NH2+]CC(=O)Nc1ccc2c(c1)OCO2. The van der Waals surface area contributed by atoms with Gasteiger partial charge < -0.3 is 20.1 Å². The summed E-state index contributed by atoms with van der Waals surface area (Å²) in [4.78, 5) is 11.7. The Hall–Kier alpha value is -1.75. The molecule has 1 aromatic rings. The summed E-state index contributed by atoms with van der Waals surface area (Å²) < 4.78 is 10.5. The average molecular weight is 251 g/mol. The Morgan fingerprint density at radius 2 is 2.06 bits per heavy atom. The maximum Gasteiger partial charge on any atom is 0.279 e. The third-order valence-corrected chi connectivity index (χ3v) is 2.56. The van der Waals surface area contributed by atoms with Crippen molar-refractivity contribution in [2.45, 2.75) is 26.3 Å². The van der Waals surface area contributed by atoms with Crippen LogP contribution in [0.15, 0.2) is 18.2 Å². The van der Waals surface area contributed by atoms with Crippen LogP contribution >= 0.6 is 0 Å². The molecule has 0 fully saturated rings. The number of nitrogens with two attached hydrogens (primary N) is 1. The highest BCUT2D eigenvalue weighted by Crippen LogP contribution is 2.34. The van der Waals surface area contributed by atoms with Crippen LogP contribution in [0.25, 0.3) is 0 Å². The molecule has 0 spiro atoms. The number of ether oxygens (including phenoxy) is 2. The Bertz CT molecular complexity index is 452. The number of hydrogen-bond donors (Lipinski definition) is 2. The van der Waals surface area contributed by atoms with Crippen LogP contribution in [0.2, 0.25) is 0 Å². The molecule has 2 rings (SSSR count). The summed E-state index contributed by atoms with van der Waals surface area (Å²) in [6.07, 6.45) is 0. The van der Waals surface area contributed by atoms with Crippen LogP contribution in [0.1, 0.15) is 20.8 Å². The van der Waals surface area contributed by atoms with E-state index in [9.17, 15) is 4.79 Å². The molecule has 1 aliphatic rings. The van der Waals surface area contributed by atoms with E-state index in [0.717, 1.165) is 5.69 Å². The van der Waals surface area contributed by atoms with E-state index in [1.807, 2.05) is 11.4 Å². The topological polar surface area (TPSA) is 64.2 Å². The molecule has 0 atom stereocenters. The van der Waals surface area contributed by atoms with Gasteiger partial charge in [-0.05, 0) is 32.9 Å². The van der Waals surface area contributed by atoms with Crippen molar-refractivity contribution in [3.8, 4) is 11.5 Å². The van der Waals surface area contributed by atoms with Crippen molar-refractivity contribution in [2.75, 3.05) is 18.7 Å². The minimum atomic E-state index is -0.0243. The lowest BCUT2D eigenvalue weighted by molar-refractivity contribution is -0.707. The lowest BCUT2D eigenvalue weighted by atomic mass is 10.1. The predicted molar refractivity (Wildman–Crippen MR) is 67.7 cm³/mol. The molecule has 0 aliphatic carbocycles. The van der Waals surface area contributed by atoms with E-state index >= 15 is 0 Å². The lowest BCUT2D eigenvalue weighted by Gasteiger charge is -2.16. The molecule has 1 aliphatic heterocycles. The monoisotopic (exact) mass is 251 g/mol. The van der Waals surface area contributed by atoms with Crippen LogP contribution in [0.5, 0.6) is 11.5 Å². The second kappa shape index (κ2) is 4.86. The molecular weight excluding hydrogens is 232 g/mol. The standard InChI is InChI=1S/C13H18N2O3/c1-13(2,3)14-7-12(16)15-9-4-5-10-11(6-9)18-8-17-10/h4-6,14H,7-8H2,1-3H3,(H,15,16)/p+1. The molecule has 0 saturated heterocycles. The van der Waals surface area contributed by atoms with E-state index in [0.29, 0.717) is 18.0 Å². The van der Waals surface area contributed by atoms with Crippen LogP contribution in [-0.2, 0) is 4.79 Å². The highest BCUT2D eigenvalue weighted by atomic mass is 16.7. The van der Waals surface area contributed by atoms with Gasteiger partial charge in [0.1, 0.15) is 0 Å². The van der Waals surface area contributed by atoms with Gasteiger partial charge in [0.05, 0.1) is 5.54 Å². The van der Waals surface area contributed by atoms with Crippen LogP contribution < -0.4 is 20.1 Å². The summed E-state index contributed by atoms with van der Waals surface area (Å²) in [5, 5.41) is 4.83. The number of benzene rings is 1. The third-order valence-electron chi connectivity index (χ3n) is 2.56. The smallest absolute Gasteiger partial charge is 0.279 e. The van der Waals surface area contributed by atoms with Gasteiger partial charge in [0.25, 0.3) is 5.91 Å². The van der Waals surface area contributed by atoms with Crippen molar-refractivity contribution in [1.82, 2.24) is 0 Å². The minimum absolute atomic E-state index is 0.0243. The summed E-state index contributed by atoms with van der Waals surface area (Å²) in [6.45, 7) is 6.85. The summed E-state index contributed by atoms with van der Waals surface area (Å²) in [5.74, 6) is 1.37. The zero-order valence-corrected chi connectivity index (χ0v) is 10.9. The van der Waals surface area contributed by atoms with Crippen molar-refractivity contribution < 1.29 is 19.6 Å². The zero-order chi connectivity index (χ0) is 13.2. The molecule has 0 unspecified atom stereocenters. The van der Waals surface area contributed by atoms with Gasteiger partial charge in [-0.15, -0.1) is 0 Å². The number of amides is 1. The number of quaternary nitrogens is 1. The average Bonchev–Trinajstić information content (AvgIpc) is 2.72. The summed E-state index contributed by atoms with van der Waals surface area (Å²) in [6, 6.07) is 5.38. The van der Waals surface area contributed by atoms with Crippen molar-refractivity contribution in [3.05, 3.63) is 18.2 Å². The van der Waals surface area contributed by atoms with Gasteiger partial charge in [-0.25, -0.2) is 0 Å². The third kappa shape index (κ3) is 3.37. The fourth-order valence-corrected chi connectivity index (χ4v) is 1.59. The van der Waals surface area contributed by atoms with E-state index in [-0.39, 0.29) is 18.2 Å². The zero-order valence-electron chi connectivity index (χ0n) is 10.9. The lowest BCUT2D eigenvalue weighted by Crippen LogP contribution is -2.95. The van der Waals surface area contributed by atoms with Crippen molar-refractivity contribution in [1.29, 1.82) is 0 Å². The first-order chi connectivity index (χ1) is 8.44. The normalized spacial score (nSPS) is 13.5. The van der Waals surface area contributed by atoms with E-state index in [2.05, 4.69) is 26.1 Å². The van der Waals surface area contributed by atoms with Crippen molar-refractivity contribution in [3.63, 3.8) is 0 Å². The number of rotatable bonds is 3. The maximum absolute atomic E-state index is 11.7. The number of anilines is 1. The molecule has 0 aromatic heterocycles. The molecule has 1 amide bonds. The predicted octanol–water partition coefficient (Wildman–Crippen LogP) is 0.716. The van der Waals surface area contributed by atoms with Gasteiger partial charge in [-0.2, -0.15) is 0 Å². The number of hydrogen-bond acceptors (Lipinski definition) is 3. The molecular formula is C13H19N2O3+. The molecule has 0 bridgehead atoms. The van der Waals surface area contributed by atoms with E-state index in [1.165, 1.54) is 0 Å². The van der Waals surface area contributed by atoms with Gasteiger partial charge in [0.2, 0.25) is 6.79 Å². The summed E-state index contributed by atoms with van der Waals surface area (Å²) >= 11 is 0. The maximum atomic E-state index is 11.7. The Morgan fingerprint density at radius 1 is 1.33 bits per heavy atom. The van der Waals surface area contributed by atoms with Gasteiger partial charge in [-0.1, -0.05) is 0 Å². The molecule has 98 valence electrons. The molecule has 5 nitrogen and oxygen atoms in total. The van der Waals surface area contributed by atoms with Crippen LogP contribution in [0.4, 0.5) is 5.69 Å². The largest absolute Gasteiger partial charge is 0.454 e. The molecule has 18 heavy (non-hydrogen) atoms. The Balaban J connectivity index is 1.91. The Kier molecular flexibility index (Phi) is 3.43. The summed E-state index contributed by atoms with van der Waals surface area (Å²) in [7, 11) is 0. The van der Waals surface area contributed by atoms with Gasteiger partial charge in [-0.3, -0.25) is 4.79 Å². The molecule has 3 N–H and O–H groups in total. The first-order valence-electron chi connectivity index (χ1n) is 5.98. The second-order valence-corrected chi connectivity index (χ2v) is 5.39. The van der Waals surface area contributed by atoms with Crippen molar-refractivity contribution >= 4 is 11.6 Å². The van der Waals surface area contributed by atoms with Gasteiger partial charge in [0.15, 0.2) is 18.0 Å². The van der Waals surface area contributed by atoms with Crippen LogP contribution in [0.3, 0.4) is 0 Å². The molecule has 0 saturated carbocycles. The first kappa shape index (κ1) is 12.7. The highest BCUT2D eigenvalue weighted by Gasteiger charge is 2.17. The second-order valence-electron chi connectivity index (χ2n) is 5.39. The van der Waals surface area contributed by atoms with Crippen LogP contribution in [-0.4, -0.2) is 24.8 Å². The molecule has 1 aromatic carbocycles. The fraction of sp³-hybridized carbons (Fsp3) is 0.462. The fourth-order valence-electron chi connectivity index (χ4n) is 1.59.